The van der Waals surface area contributed by atoms with E-state index in [0.29, 0.717) is 18.7 Å². The van der Waals surface area contributed by atoms with Crippen LogP contribution in [0, 0.1) is 0 Å². The maximum atomic E-state index is 12.5. The average molecular weight is 355 g/mol. The summed E-state index contributed by atoms with van der Waals surface area (Å²) in [6.45, 7) is 3.00. The highest BCUT2D eigenvalue weighted by atomic mass is 35.5. The van der Waals surface area contributed by atoms with E-state index in [0.717, 1.165) is 29.8 Å². The van der Waals surface area contributed by atoms with Crippen LogP contribution in [0.4, 0.5) is 5.82 Å². The Kier molecular flexibility index (Phi) is 5.14. The number of aromatic nitrogens is 2. The van der Waals surface area contributed by atoms with Gasteiger partial charge in [0.05, 0.1) is 5.52 Å². The number of hydrogen-bond acceptors (Lipinski definition) is 4. The molecule has 5 nitrogen and oxygen atoms in total. The van der Waals surface area contributed by atoms with E-state index in [4.69, 9.17) is 4.98 Å². The minimum atomic E-state index is 0. The number of rotatable bonds is 2. The maximum Gasteiger partial charge on any atom is 0.254 e. The lowest BCUT2D eigenvalue weighted by atomic mass is 10.2. The summed E-state index contributed by atoms with van der Waals surface area (Å²) in [6, 6.07) is 15.8. The molecule has 6 heteroatoms. The number of benzene rings is 1. The van der Waals surface area contributed by atoms with Crippen LogP contribution in [0.1, 0.15) is 10.4 Å². The summed E-state index contributed by atoms with van der Waals surface area (Å²) < 4.78 is 0. The van der Waals surface area contributed by atoms with Gasteiger partial charge in [0.25, 0.3) is 5.91 Å². The van der Waals surface area contributed by atoms with Crippen molar-refractivity contribution in [3.8, 4) is 0 Å². The minimum absolute atomic E-state index is 0. The third-order valence-electron chi connectivity index (χ3n) is 4.40. The molecule has 0 unspecified atom stereocenters. The van der Waals surface area contributed by atoms with Gasteiger partial charge in [0, 0.05) is 49.5 Å². The fourth-order valence-electron chi connectivity index (χ4n) is 3.05. The Morgan fingerprint density at radius 2 is 1.60 bits per heavy atom. The van der Waals surface area contributed by atoms with Crippen molar-refractivity contribution in [1.82, 2.24) is 14.9 Å². The van der Waals surface area contributed by atoms with Gasteiger partial charge in [-0.3, -0.25) is 9.78 Å². The van der Waals surface area contributed by atoms with Gasteiger partial charge < -0.3 is 9.80 Å². The molecule has 4 rings (SSSR count). The molecule has 0 atom stereocenters. The van der Waals surface area contributed by atoms with Crippen molar-refractivity contribution in [2.24, 2.45) is 0 Å². The predicted molar refractivity (Wildman–Crippen MR) is 101 cm³/mol. The zero-order chi connectivity index (χ0) is 16.4. The molecule has 1 aliphatic rings. The molecular formula is C19H19ClN4O. The van der Waals surface area contributed by atoms with Gasteiger partial charge in [-0.05, 0) is 30.3 Å². The number of pyridine rings is 2. The van der Waals surface area contributed by atoms with Crippen molar-refractivity contribution < 1.29 is 4.79 Å². The SMILES string of the molecule is Cl.O=C(c1ccncc1)N1CCN(c2ccc3ccccc3n2)CC1. The lowest BCUT2D eigenvalue weighted by Gasteiger charge is -2.35. The van der Waals surface area contributed by atoms with Crippen molar-refractivity contribution in [3.05, 3.63) is 66.5 Å². The Bertz CT molecular complexity index is 863. The van der Waals surface area contributed by atoms with Gasteiger partial charge in [-0.25, -0.2) is 4.98 Å². The molecule has 0 saturated carbocycles. The Labute approximate surface area is 152 Å². The summed E-state index contributed by atoms with van der Waals surface area (Å²) >= 11 is 0. The highest BCUT2D eigenvalue weighted by Crippen LogP contribution is 2.19. The van der Waals surface area contributed by atoms with E-state index in [1.165, 1.54) is 0 Å². The normalized spacial score (nSPS) is 14.2. The molecule has 3 aromatic rings. The summed E-state index contributed by atoms with van der Waals surface area (Å²) in [5.74, 6) is 1.05. The number of carbonyl (C=O) groups excluding carboxylic acids is 1. The molecule has 128 valence electrons. The molecule has 1 fully saturated rings. The number of piperazine rings is 1. The van der Waals surface area contributed by atoms with E-state index in [-0.39, 0.29) is 18.3 Å². The van der Waals surface area contributed by atoms with Gasteiger partial charge in [-0.15, -0.1) is 12.4 Å². The summed E-state index contributed by atoms with van der Waals surface area (Å²) in [5, 5.41) is 1.15. The van der Waals surface area contributed by atoms with Crippen molar-refractivity contribution in [1.29, 1.82) is 0 Å². The van der Waals surface area contributed by atoms with E-state index < -0.39 is 0 Å². The van der Waals surface area contributed by atoms with E-state index in [9.17, 15) is 4.79 Å². The standard InChI is InChI=1S/C19H18N4O.ClH/c24-19(16-7-9-20-10-8-16)23-13-11-22(12-14-23)18-6-5-15-3-1-2-4-17(15)21-18;/h1-10H,11-14H2;1H. The van der Waals surface area contributed by atoms with Crippen molar-refractivity contribution in [3.63, 3.8) is 0 Å². The predicted octanol–water partition coefficient (Wildman–Crippen LogP) is 3.01. The molecule has 0 spiro atoms. The lowest BCUT2D eigenvalue weighted by Crippen LogP contribution is -2.49. The topological polar surface area (TPSA) is 49.3 Å². The number of nitrogens with zero attached hydrogens (tertiary/aromatic N) is 4. The molecule has 3 heterocycles. The van der Waals surface area contributed by atoms with E-state index >= 15 is 0 Å². The summed E-state index contributed by atoms with van der Waals surface area (Å²) in [6.07, 6.45) is 3.31. The first-order valence-electron chi connectivity index (χ1n) is 8.11. The van der Waals surface area contributed by atoms with Crippen molar-refractivity contribution in [2.45, 2.75) is 0 Å². The van der Waals surface area contributed by atoms with Crippen LogP contribution >= 0.6 is 12.4 Å². The molecule has 1 aliphatic heterocycles. The quantitative estimate of drug-likeness (QED) is 0.709. The van der Waals surface area contributed by atoms with Crippen LogP contribution in [0.2, 0.25) is 0 Å². The van der Waals surface area contributed by atoms with E-state index in [2.05, 4.69) is 28.1 Å². The van der Waals surface area contributed by atoms with Crippen LogP contribution in [0.25, 0.3) is 10.9 Å². The second-order valence-corrected chi connectivity index (χ2v) is 5.88. The third-order valence-corrected chi connectivity index (χ3v) is 4.40. The lowest BCUT2D eigenvalue weighted by molar-refractivity contribution is 0.0746. The molecule has 1 saturated heterocycles. The average Bonchev–Trinajstić information content (AvgIpc) is 2.68. The molecule has 1 aromatic carbocycles. The van der Waals surface area contributed by atoms with Gasteiger partial charge in [0.15, 0.2) is 0 Å². The van der Waals surface area contributed by atoms with Crippen LogP contribution in [0.5, 0.6) is 0 Å². The number of halogens is 1. The zero-order valence-corrected chi connectivity index (χ0v) is 14.5. The van der Waals surface area contributed by atoms with Crippen LogP contribution in [0.15, 0.2) is 60.9 Å². The number of para-hydroxylation sites is 1. The molecule has 0 N–H and O–H groups in total. The first-order valence-corrected chi connectivity index (χ1v) is 8.11. The van der Waals surface area contributed by atoms with Crippen molar-refractivity contribution >= 4 is 35.0 Å². The van der Waals surface area contributed by atoms with Gasteiger partial charge in [-0.2, -0.15) is 0 Å². The molecule has 25 heavy (non-hydrogen) atoms. The highest BCUT2D eigenvalue weighted by molar-refractivity contribution is 5.94. The number of carbonyl (C=O) groups is 1. The Morgan fingerprint density at radius 3 is 2.36 bits per heavy atom. The van der Waals surface area contributed by atoms with E-state index in [1.807, 2.05) is 23.1 Å². The fourth-order valence-corrected chi connectivity index (χ4v) is 3.05. The first-order chi connectivity index (χ1) is 11.8. The smallest absolute Gasteiger partial charge is 0.254 e. The maximum absolute atomic E-state index is 12.5. The molecule has 0 bridgehead atoms. The summed E-state index contributed by atoms with van der Waals surface area (Å²) in [5.41, 5.74) is 1.70. The monoisotopic (exact) mass is 354 g/mol. The summed E-state index contributed by atoms with van der Waals surface area (Å²) in [7, 11) is 0. The number of amides is 1. The number of fused-ring (bicyclic) bond motifs is 1. The molecular weight excluding hydrogens is 336 g/mol. The second-order valence-electron chi connectivity index (χ2n) is 5.88. The minimum Gasteiger partial charge on any atom is -0.353 e. The second kappa shape index (κ2) is 7.49. The van der Waals surface area contributed by atoms with Crippen molar-refractivity contribution in [2.75, 3.05) is 31.1 Å². The molecule has 2 aromatic heterocycles. The summed E-state index contributed by atoms with van der Waals surface area (Å²) in [4.78, 5) is 25.3. The molecule has 1 amide bonds. The third kappa shape index (κ3) is 3.56. The van der Waals surface area contributed by atoms with Gasteiger partial charge in [0.2, 0.25) is 0 Å². The molecule has 0 radical (unpaired) electrons. The fraction of sp³-hybridized carbons (Fsp3) is 0.211. The van der Waals surface area contributed by atoms with Crippen LogP contribution in [-0.2, 0) is 0 Å². The zero-order valence-electron chi connectivity index (χ0n) is 13.7. The van der Waals surface area contributed by atoms with Crippen LogP contribution in [0.3, 0.4) is 0 Å². The Balaban J connectivity index is 0.00000182. The Hall–Kier alpha value is -2.66. The van der Waals surface area contributed by atoms with Gasteiger partial charge in [0.1, 0.15) is 5.82 Å². The largest absolute Gasteiger partial charge is 0.353 e. The van der Waals surface area contributed by atoms with Crippen LogP contribution < -0.4 is 4.90 Å². The van der Waals surface area contributed by atoms with Gasteiger partial charge >= 0.3 is 0 Å². The number of anilines is 1. The first kappa shape index (κ1) is 17.2. The number of hydrogen-bond donors (Lipinski definition) is 0. The highest BCUT2D eigenvalue weighted by Gasteiger charge is 2.22. The molecule has 0 aliphatic carbocycles. The van der Waals surface area contributed by atoms with Gasteiger partial charge in [-0.1, -0.05) is 18.2 Å². The van der Waals surface area contributed by atoms with Crippen LogP contribution in [-0.4, -0.2) is 47.0 Å². The van der Waals surface area contributed by atoms with E-state index in [1.54, 1.807) is 24.5 Å². The Morgan fingerprint density at radius 1 is 0.880 bits per heavy atom.